The molecular formula is C14H20N2O3S. The van der Waals surface area contributed by atoms with Gasteiger partial charge in [0.25, 0.3) is 0 Å². The highest BCUT2D eigenvalue weighted by Crippen LogP contribution is 2.38. The van der Waals surface area contributed by atoms with Gasteiger partial charge in [-0.1, -0.05) is 12.1 Å². The Kier molecular flexibility index (Phi) is 3.42. The normalized spacial score (nSPS) is 20.1. The molecule has 5 nitrogen and oxygen atoms in total. The molecular weight excluding hydrogens is 276 g/mol. The van der Waals surface area contributed by atoms with E-state index in [-0.39, 0.29) is 5.91 Å². The third-order valence-electron chi connectivity index (χ3n) is 4.10. The molecule has 1 amide bonds. The SMILES string of the molecule is CC(C(N)c1ccc2c(c1)C(C)(C)C(=O)N2)S(C)(=O)=O. The molecule has 1 aromatic carbocycles. The van der Waals surface area contributed by atoms with Crippen LogP contribution < -0.4 is 11.1 Å². The molecule has 2 rings (SSSR count). The highest BCUT2D eigenvalue weighted by Gasteiger charge is 2.39. The van der Waals surface area contributed by atoms with Gasteiger partial charge in [0, 0.05) is 18.0 Å². The quantitative estimate of drug-likeness (QED) is 0.881. The average molecular weight is 296 g/mol. The van der Waals surface area contributed by atoms with Gasteiger partial charge in [0.05, 0.1) is 10.7 Å². The van der Waals surface area contributed by atoms with Crippen molar-refractivity contribution in [3.63, 3.8) is 0 Å². The maximum atomic E-state index is 11.9. The zero-order valence-electron chi connectivity index (χ0n) is 12.1. The minimum Gasteiger partial charge on any atom is -0.325 e. The van der Waals surface area contributed by atoms with Crippen LogP contribution in [-0.2, 0) is 20.0 Å². The summed E-state index contributed by atoms with van der Waals surface area (Å²) in [5, 5.41) is 2.14. The van der Waals surface area contributed by atoms with Crippen molar-refractivity contribution in [1.82, 2.24) is 0 Å². The molecule has 0 aromatic heterocycles. The number of nitrogens with one attached hydrogen (secondary N) is 1. The van der Waals surface area contributed by atoms with E-state index in [0.717, 1.165) is 16.8 Å². The van der Waals surface area contributed by atoms with E-state index >= 15 is 0 Å². The van der Waals surface area contributed by atoms with Crippen LogP contribution in [0.1, 0.15) is 37.9 Å². The molecule has 0 fully saturated rings. The van der Waals surface area contributed by atoms with Crippen molar-refractivity contribution in [2.75, 3.05) is 11.6 Å². The fourth-order valence-corrected chi connectivity index (χ4v) is 3.02. The average Bonchev–Trinajstić information content (AvgIpc) is 2.57. The van der Waals surface area contributed by atoms with Crippen LogP contribution in [0.4, 0.5) is 5.69 Å². The second-order valence-corrected chi connectivity index (χ2v) is 8.35. The molecule has 0 bridgehead atoms. The number of hydrogen-bond acceptors (Lipinski definition) is 4. The van der Waals surface area contributed by atoms with Crippen molar-refractivity contribution in [1.29, 1.82) is 0 Å². The first-order chi connectivity index (χ1) is 9.05. The topological polar surface area (TPSA) is 89.3 Å². The minimum atomic E-state index is -3.21. The Bertz CT molecular complexity index is 665. The summed E-state index contributed by atoms with van der Waals surface area (Å²) in [7, 11) is -3.21. The van der Waals surface area contributed by atoms with Crippen molar-refractivity contribution >= 4 is 21.4 Å². The zero-order valence-corrected chi connectivity index (χ0v) is 12.9. The number of carbonyl (C=O) groups is 1. The summed E-state index contributed by atoms with van der Waals surface area (Å²) in [6, 6.07) is 4.78. The number of hydrogen-bond donors (Lipinski definition) is 2. The Morgan fingerprint density at radius 1 is 1.30 bits per heavy atom. The fourth-order valence-electron chi connectivity index (χ4n) is 2.33. The van der Waals surface area contributed by atoms with E-state index in [1.54, 1.807) is 19.1 Å². The van der Waals surface area contributed by atoms with Crippen LogP contribution in [0.5, 0.6) is 0 Å². The van der Waals surface area contributed by atoms with Crippen molar-refractivity contribution in [2.45, 2.75) is 37.5 Å². The van der Waals surface area contributed by atoms with E-state index in [2.05, 4.69) is 5.32 Å². The van der Waals surface area contributed by atoms with Gasteiger partial charge in [-0.3, -0.25) is 4.79 Å². The van der Waals surface area contributed by atoms with Gasteiger partial charge in [-0.2, -0.15) is 0 Å². The maximum absolute atomic E-state index is 11.9. The summed E-state index contributed by atoms with van der Waals surface area (Å²) in [6.45, 7) is 5.27. The largest absolute Gasteiger partial charge is 0.325 e. The predicted octanol–water partition coefficient (Wildman–Crippen LogP) is 1.35. The summed E-state index contributed by atoms with van der Waals surface area (Å²) in [5.74, 6) is -0.0608. The predicted molar refractivity (Wildman–Crippen MR) is 79.3 cm³/mol. The smallest absolute Gasteiger partial charge is 0.234 e. The Labute approximate surface area is 119 Å². The Morgan fingerprint density at radius 3 is 2.45 bits per heavy atom. The number of amides is 1. The Morgan fingerprint density at radius 2 is 1.90 bits per heavy atom. The first kappa shape index (κ1) is 15.0. The molecule has 0 aliphatic carbocycles. The van der Waals surface area contributed by atoms with E-state index < -0.39 is 26.5 Å². The number of rotatable bonds is 3. The number of carbonyl (C=O) groups excluding carboxylic acids is 1. The molecule has 6 heteroatoms. The highest BCUT2D eigenvalue weighted by molar-refractivity contribution is 7.91. The van der Waals surface area contributed by atoms with Crippen molar-refractivity contribution in [3.8, 4) is 0 Å². The lowest BCUT2D eigenvalue weighted by molar-refractivity contribution is -0.119. The molecule has 0 spiro atoms. The van der Waals surface area contributed by atoms with Crippen molar-refractivity contribution in [3.05, 3.63) is 29.3 Å². The van der Waals surface area contributed by atoms with Gasteiger partial charge in [0.15, 0.2) is 9.84 Å². The fraction of sp³-hybridized carbons (Fsp3) is 0.500. The summed E-state index contributed by atoms with van der Waals surface area (Å²) in [6.07, 6.45) is 1.18. The summed E-state index contributed by atoms with van der Waals surface area (Å²) < 4.78 is 23.2. The first-order valence-electron chi connectivity index (χ1n) is 6.45. The molecule has 0 saturated carbocycles. The molecule has 0 saturated heterocycles. The molecule has 20 heavy (non-hydrogen) atoms. The van der Waals surface area contributed by atoms with Gasteiger partial charge in [0.2, 0.25) is 5.91 Å². The van der Waals surface area contributed by atoms with E-state index in [4.69, 9.17) is 5.73 Å². The van der Waals surface area contributed by atoms with Gasteiger partial charge in [-0.05, 0) is 38.0 Å². The minimum absolute atomic E-state index is 0.0608. The lowest BCUT2D eigenvalue weighted by atomic mass is 9.84. The summed E-state index contributed by atoms with van der Waals surface area (Å²) in [4.78, 5) is 11.9. The van der Waals surface area contributed by atoms with Gasteiger partial charge in [0.1, 0.15) is 0 Å². The van der Waals surface area contributed by atoms with Crippen molar-refractivity contribution < 1.29 is 13.2 Å². The van der Waals surface area contributed by atoms with Gasteiger partial charge in [-0.25, -0.2) is 8.42 Å². The molecule has 1 aliphatic rings. The lowest BCUT2D eigenvalue weighted by Gasteiger charge is -2.21. The van der Waals surface area contributed by atoms with E-state index in [9.17, 15) is 13.2 Å². The van der Waals surface area contributed by atoms with Crippen LogP contribution in [0.15, 0.2) is 18.2 Å². The number of fused-ring (bicyclic) bond motifs is 1. The molecule has 1 aromatic rings. The second-order valence-electron chi connectivity index (χ2n) is 5.94. The van der Waals surface area contributed by atoms with Gasteiger partial charge in [-0.15, -0.1) is 0 Å². The van der Waals surface area contributed by atoms with Gasteiger partial charge < -0.3 is 11.1 Å². The van der Waals surface area contributed by atoms with E-state index in [0.29, 0.717) is 0 Å². The Hall–Kier alpha value is -1.40. The second kappa shape index (κ2) is 4.56. The number of benzene rings is 1. The lowest BCUT2D eigenvalue weighted by Crippen LogP contribution is -2.31. The van der Waals surface area contributed by atoms with Gasteiger partial charge >= 0.3 is 0 Å². The highest BCUT2D eigenvalue weighted by atomic mass is 32.2. The molecule has 0 radical (unpaired) electrons. The number of anilines is 1. The molecule has 1 aliphatic heterocycles. The standard InChI is InChI=1S/C14H20N2O3S/c1-8(20(4,18)19)12(15)9-5-6-11-10(7-9)14(2,3)13(17)16-11/h5-8,12H,15H2,1-4H3,(H,16,17). The zero-order chi connectivity index (χ0) is 15.3. The summed E-state index contributed by atoms with van der Waals surface area (Å²) >= 11 is 0. The van der Waals surface area contributed by atoms with Crippen LogP contribution in [0.2, 0.25) is 0 Å². The molecule has 110 valence electrons. The third-order valence-corrected chi connectivity index (χ3v) is 5.74. The molecule has 3 N–H and O–H groups in total. The van der Waals surface area contributed by atoms with Crippen LogP contribution in [0.25, 0.3) is 0 Å². The van der Waals surface area contributed by atoms with E-state index in [1.165, 1.54) is 6.26 Å². The maximum Gasteiger partial charge on any atom is 0.234 e. The third kappa shape index (κ3) is 2.33. The first-order valence-corrected chi connectivity index (χ1v) is 8.41. The van der Waals surface area contributed by atoms with E-state index in [1.807, 2.05) is 19.9 Å². The Balaban J connectivity index is 2.43. The molecule has 2 atom stereocenters. The van der Waals surface area contributed by atoms with Crippen molar-refractivity contribution in [2.24, 2.45) is 5.73 Å². The van der Waals surface area contributed by atoms with Crippen LogP contribution in [0, 0.1) is 0 Å². The number of nitrogens with two attached hydrogens (primary N) is 1. The number of sulfone groups is 1. The van der Waals surface area contributed by atoms with Crippen LogP contribution >= 0.6 is 0 Å². The molecule has 1 heterocycles. The van der Waals surface area contributed by atoms with Crippen LogP contribution in [-0.4, -0.2) is 25.8 Å². The molecule has 2 unspecified atom stereocenters. The van der Waals surface area contributed by atoms with Crippen LogP contribution in [0.3, 0.4) is 0 Å². The monoisotopic (exact) mass is 296 g/mol. The summed E-state index contributed by atoms with van der Waals surface area (Å²) in [5.41, 5.74) is 7.78.